The number of hydrogen-bond donors (Lipinski definition) is 2. The van der Waals surface area contributed by atoms with Crippen LogP contribution in [0.2, 0.25) is 0 Å². The van der Waals surface area contributed by atoms with Crippen LogP contribution in [0.4, 0.5) is 19.0 Å². The summed E-state index contributed by atoms with van der Waals surface area (Å²) in [6, 6.07) is 8.01. The highest BCUT2D eigenvalue weighted by atomic mass is 32.1. The SMILES string of the molecule is O=C(NC1CCN(c2ccc(C(F)(F)F)cn2)CC1)c1cc(-c2cccs2)[nH]n1. The van der Waals surface area contributed by atoms with Gasteiger partial charge in [-0.05, 0) is 42.5 Å². The van der Waals surface area contributed by atoms with Crippen molar-refractivity contribution in [3.05, 3.63) is 53.2 Å². The maximum Gasteiger partial charge on any atom is 0.417 e. The topological polar surface area (TPSA) is 73.9 Å². The predicted octanol–water partition coefficient (Wildman–Crippen LogP) is 3.95. The summed E-state index contributed by atoms with van der Waals surface area (Å²) in [5.41, 5.74) is 0.373. The van der Waals surface area contributed by atoms with E-state index < -0.39 is 11.7 Å². The fraction of sp³-hybridized carbons (Fsp3) is 0.316. The molecule has 2 N–H and O–H groups in total. The highest BCUT2D eigenvalue weighted by molar-refractivity contribution is 7.13. The van der Waals surface area contributed by atoms with Crippen LogP contribution >= 0.6 is 11.3 Å². The van der Waals surface area contributed by atoms with Crippen molar-refractivity contribution in [1.29, 1.82) is 0 Å². The van der Waals surface area contributed by atoms with E-state index in [0.29, 0.717) is 37.4 Å². The number of carbonyl (C=O) groups excluding carboxylic acids is 1. The molecule has 4 heterocycles. The van der Waals surface area contributed by atoms with E-state index >= 15 is 0 Å². The third-order valence-corrected chi connectivity index (χ3v) is 5.73. The number of piperidine rings is 1. The summed E-state index contributed by atoms with van der Waals surface area (Å²) >= 11 is 1.56. The summed E-state index contributed by atoms with van der Waals surface area (Å²) in [6.07, 6.45) is -2.18. The minimum atomic E-state index is -4.39. The van der Waals surface area contributed by atoms with Crippen molar-refractivity contribution in [2.75, 3.05) is 18.0 Å². The lowest BCUT2D eigenvalue weighted by Gasteiger charge is -2.33. The van der Waals surface area contributed by atoms with Gasteiger partial charge >= 0.3 is 6.18 Å². The molecule has 1 aliphatic heterocycles. The average Bonchev–Trinajstić information content (AvgIpc) is 3.40. The zero-order valence-electron chi connectivity index (χ0n) is 15.2. The fourth-order valence-corrected chi connectivity index (χ4v) is 3.94. The fourth-order valence-electron chi connectivity index (χ4n) is 3.25. The first kappa shape index (κ1) is 19.4. The number of amides is 1. The second kappa shape index (κ2) is 7.86. The van der Waals surface area contributed by atoms with Crippen LogP contribution in [0.1, 0.15) is 28.9 Å². The van der Waals surface area contributed by atoms with Gasteiger partial charge < -0.3 is 10.2 Å². The molecule has 152 valence electrons. The number of alkyl halides is 3. The van der Waals surface area contributed by atoms with E-state index in [4.69, 9.17) is 0 Å². The lowest BCUT2D eigenvalue weighted by atomic mass is 10.0. The van der Waals surface area contributed by atoms with Crippen LogP contribution in [-0.2, 0) is 6.18 Å². The van der Waals surface area contributed by atoms with E-state index in [-0.39, 0.29) is 11.9 Å². The minimum absolute atomic E-state index is 0.0184. The molecule has 1 aliphatic rings. The van der Waals surface area contributed by atoms with E-state index in [1.807, 2.05) is 22.4 Å². The number of carbonyl (C=O) groups is 1. The third kappa shape index (κ3) is 4.42. The Morgan fingerprint density at radius 2 is 2.03 bits per heavy atom. The molecule has 0 unspecified atom stereocenters. The van der Waals surface area contributed by atoms with Crippen LogP contribution in [0.5, 0.6) is 0 Å². The van der Waals surface area contributed by atoms with E-state index in [1.165, 1.54) is 6.07 Å². The van der Waals surface area contributed by atoms with Crippen LogP contribution < -0.4 is 10.2 Å². The number of H-pyrrole nitrogens is 1. The average molecular weight is 421 g/mol. The maximum atomic E-state index is 12.7. The van der Waals surface area contributed by atoms with Crippen LogP contribution in [0.15, 0.2) is 41.9 Å². The maximum absolute atomic E-state index is 12.7. The quantitative estimate of drug-likeness (QED) is 0.669. The summed E-state index contributed by atoms with van der Waals surface area (Å²) < 4.78 is 38.0. The van der Waals surface area contributed by atoms with Gasteiger partial charge in [-0.3, -0.25) is 9.89 Å². The van der Waals surface area contributed by atoms with Gasteiger partial charge in [0.1, 0.15) is 5.82 Å². The Bertz CT molecular complexity index is 961. The van der Waals surface area contributed by atoms with E-state index in [2.05, 4.69) is 20.5 Å². The molecular formula is C19H18F3N5OS. The first-order valence-corrected chi connectivity index (χ1v) is 9.96. The molecule has 0 atom stereocenters. The second-order valence-corrected chi connectivity index (χ2v) is 7.73. The zero-order valence-corrected chi connectivity index (χ0v) is 16.1. The highest BCUT2D eigenvalue weighted by Gasteiger charge is 2.31. The van der Waals surface area contributed by atoms with Crippen LogP contribution in [0, 0.1) is 0 Å². The number of aromatic amines is 1. The first-order valence-electron chi connectivity index (χ1n) is 9.08. The normalized spacial score (nSPS) is 15.5. The summed E-state index contributed by atoms with van der Waals surface area (Å²) in [4.78, 5) is 19.3. The molecule has 0 radical (unpaired) electrons. The van der Waals surface area contributed by atoms with Crippen molar-refractivity contribution in [2.45, 2.75) is 25.1 Å². The van der Waals surface area contributed by atoms with Crippen molar-refractivity contribution >= 4 is 23.1 Å². The van der Waals surface area contributed by atoms with Crippen molar-refractivity contribution in [2.24, 2.45) is 0 Å². The van der Waals surface area contributed by atoms with Crippen molar-refractivity contribution < 1.29 is 18.0 Å². The van der Waals surface area contributed by atoms with Gasteiger partial charge in [-0.2, -0.15) is 18.3 Å². The Morgan fingerprint density at radius 1 is 1.24 bits per heavy atom. The molecule has 1 fully saturated rings. The number of anilines is 1. The van der Waals surface area contributed by atoms with E-state index in [9.17, 15) is 18.0 Å². The predicted molar refractivity (Wildman–Crippen MR) is 104 cm³/mol. The van der Waals surface area contributed by atoms with Crippen LogP contribution in [0.3, 0.4) is 0 Å². The number of halogens is 3. The smallest absolute Gasteiger partial charge is 0.356 e. The van der Waals surface area contributed by atoms with E-state index in [0.717, 1.165) is 22.8 Å². The second-order valence-electron chi connectivity index (χ2n) is 6.78. The Morgan fingerprint density at radius 3 is 2.66 bits per heavy atom. The summed E-state index contributed by atoms with van der Waals surface area (Å²) in [6.45, 7) is 1.20. The molecule has 0 spiro atoms. The standard InChI is InChI=1S/C19H18F3N5OS/c20-19(21,22)12-3-4-17(23-11-12)27-7-5-13(6-8-27)24-18(28)15-10-14(25-26-15)16-2-1-9-29-16/h1-4,9-11,13H,5-8H2,(H,24,28)(H,25,26). The van der Waals surface area contributed by atoms with Crippen molar-refractivity contribution in [3.8, 4) is 10.6 Å². The number of hydrogen-bond acceptors (Lipinski definition) is 5. The Labute approximate surface area is 168 Å². The molecule has 3 aromatic heterocycles. The first-order chi connectivity index (χ1) is 13.9. The van der Waals surface area contributed by atoms with Gasteiger partial charge in [0.15, 0.2) is 5.69 Å². The van der Waals surface area contributed by atoms with Crippen LogP contribution in [-0.4, -0.2) is 40.2 Å². The monoisotopic (exact) mass is 421 g/mol. The highest BCUT2D eigenvalue weighted by Crippen LogP contribution is 2.30. The van der Waals surface area contributed by atoms with Gasteiger partial charge in [0, 0.05) is 25.3 Å². The molecule has 0 aliphatic carbocycles. The van der Waals surface area contributed by atoms with Gasteiger partial charge in [-0.15, -0.1) is 11.3 Å². The van der Waals surface area contributed by atoms with Gasteiger partial charge in [0.2, 0.25) is 0 Å². The molecular weight excluding hydrogens is 403 g/mol. The summed E-state index contributed by atoms with van der Waals surface area (Å²) in [7, 11) is 0. The number of thiophene rings is 1. The molecule has 10 heteroatoms. The van der Waals surface area contributed by atoms with Crippen molar-refractivity contribution in [1.82, 2.24) is 20.5 Å². The number of nitrogens with one attached hydrogen (secondary N) is 2. The zero-order chi connectivity index (χ0) is 20.4. The largest absolute Gasteiger partial charge is 0.417 e. The number of pyridine rings is 1. The van der Waals surface area contributed by atoms with Gasteiger partial charge in [0.25, 0.3) is 5.91 Å². The number of rotatable bonds is 4. The molecule has 1 saturated heterocycles. The molecule has 3 aromatic rings. The summed E-state index contributed by atoms with van der Waals surface area (Å²) in [5, 5.41) is 11.9. The third-order valence-electron chi connectivity index (χ3n) is 4.83. The Hall–Kier alpha value is -2.88. The lowest BCUT2D eigenvalue weighted by Crippen LogP contribution is -2.45. The molecule has 0 saturated carbocycles. The lowest BCUT2D eigenvalue weighted by molar-refractivity contribution is -0.137. The molecule has 0 aromatic carbocycles. The van der Waals surface area contributed by atoms with E-state index in [1.54, 1.807) is 17.4 Å². The molecule has 0 bridgehead atoms. The Kier molecular flexibility index (Phi) is 5.27. The minimum Gasteiger partial charge on any atom is -0.356 e. The van der Waals surface area contributed by atoms with Crippen molar-refractivity contribution in [3.63, 3.8) is 0 Å². The Balaban J connectivity index is 1.31. The molecule has 29 heavy (non-hydrogen) atoms. The molecule has 4 rings (SSSR count). The van der Waals surface area contributed by atoms with Gasteiger partial charge in [-0.25, -0.2) is 4.98 Å². The summed E-state index contributed by atoms with van der Waals surface area (Å²) in [5.74, 6) is 0.269. The number of nitrogens with zero attached hydrogens (tertiary/aromatic N) is 3. The van der Waals surface area contributed by atoms with Gasteiger partial charge in [-0.1, -0.05) is 6.07 Å². The molecule has 6 nitrogen and oxygen atoms in total. The van der Waals surface area contributed by atoms with Crippen LogP contribution in [0.25, 0.3) is 10.6 Å². The number of aromatic nitrogens is 3. The molecule has 1 amide bonds. The van der Waals surface area contributed by atoms with Gasteiger partial charge in [0.05, 0.1) is 16.1 Å².